The van der Waals surface area contributed by atoms with Gasteiger partial charge < -0.3 is 10.2 Å². The molecule has 2 rings (SSSR count). The van der Waals surface area contributed by atoms with E-state index in [-0.39, 0.29) is 17.7 Å². The molecule has 2 nitrogen and oxygen atoms in total. The highest BCUT2D eigenvalue weighted by atomic mass is 19.1. The lowest BCUT2D eigenvalue weighted by Crippen LogP contribution is -2.36. The van der Waals surface area contributed by atoms with Gasteiger partial charge in [0, 0.05) is 25.7 Å². The highest BCUT2D eigenvalue weighted by Gasteiger charge is 2.20. The van der Waals surface area contributed by atoms with E-state index in [2.05, 4.69) is 5.32 Å². The molecule has 0 spiro atoms. The zero-order valence-corrected chi connectivity index (χ0v) is 11.0. The van der Waals surface area contributed by atoms with Crippen LogP contribution in [0.3, 0.4) is 0 Å². The van der Waals surface area contributed by atoms with Gasteiger partial charge in [0.05, 0.1) is 5.69 Å². The molecule has 0 radical (unpaired) electrons. The van der Waals surface area contributed by atoms with Gasteiger partial charge in [-0.25, -0.2) is 8.78 Å². The van der Waals surface area contributed by atoms with E-state index in [0.717, 1.165) is 19.4 Å². The third-order valence-corrected chi connectivity index (χ3v) is 3.49. The molecule has 1 aromatic carbocycles. The number of nitrogens with zero attached hydrogens (tertiary/aromatic N) is 1. The minimum absolute atomic E-state index is 0.258. The van der Waals surface area contributed by atoms with E-state index in [9.17, 15) is 8.78 Å². The Hall–Kier alpha value is -1.16. The summed E-state index contributed by atoms with van der Waals surface area (Å²) in [6, 6.07) is 2.68. The molecule has 4 heteroatoms. The smallest absolute Gasteiger partial charge is 0.146 e. The molecule has 1 aromatic rings. The molecule has 18 heavy (non-hydrogen) atoms. The second kappa shape index (κ2) is 5.65. The van der Waals surface area contributed by atoms with E-state index in [1.807, 2.05) is 0 Å². The van der Waals surface area contributed by atoms with Gasteiger partial charge in [-0.3, -0.25) is 0 Å². The van der Waals surface area contributed by atoms with Crippen molar-refractivity contribution in [3.63, 3.8) is 0 Å². The molecule has 0 bridgehead atoms. The number of hydrogen-bond donors (Lipinski definition) is 1. The van der Waals surface area contributed by atoms with Gasteiger partial charge in [-0.2, -0.15) is 0 Å². The molecule has 0 aliphatic carbocycles. The molecule has 1 unspecified atom stereocenters. The molecular formula is C14H20F2N2. The third-order valence-electron chi connectivity index (χ3n) is 3.49. The van der Waals surface area contributed by atoms with Gasteiger partial charge in [-0.05, 0) is 37.9 Å². The molecule has 1 aliphatic rings. The summed E-state index contributed by atoms with van der Waals surface area (Å²) in [4.78, 5) is 1.65. The van der Waals surface area contributed by atoms with Crippen LogP contribution in [0.5, 0.6) is 0 Å². The fourth-order valence-electron chi connectivity index (χ4n) is 2.61. The Balaban J connectivity index is 2.27. The Morgan fingerprint density at radius 3 is 2.56 bits per heavy atom. The Bertz CT molecular complexity index is 413. The highest BCUT2D eigenvalue weighted by Crippen LogP contribution is 2.27. The van der Waals surface area contributed by atoms with Crippen LogP contribution in [0.1, 0.15) is 24.8 Å². The van der Waals surface area contributed by atoms with Crippen molar-refractivity contribution in [2.24, 2.45) is 0 Å². The maximum absolute atomic E-state index is 13.9. The molecule has 1 heterocycles. The van der Waals surface area contributed by atoms with Crippen molar-refractivity contribution in [2.45, 2.75) is 31.7 Å². The lowest BCUT2D eigenvalue weighted by molar-refractivity contribution is 0.394. The van der Waals surface area contributed by atoms with Crippen LogP contribution in [0.4, 0.5) is 14.5 Å². The number of anilines is 1. The SMILES string of the molecule is CN(C)c1c(F)ccc(F)c1CC1CCCCN1. The van der Waals surface area contributed by atoms with E-state index in [1.54, 1.807) is 19.0 Å². The lowest BCUT2D eigenvalue weighted by atomic mass is 9.96. The molecule has 1 saturated heterocycles. The predicted molar refractivity (Wildman–Crippen MR) is 70.0 cm³/mol. The van der Waals surface area contributed by atoms with Gasteiger partial charge in [0.2, 0.25) is 0 Å². The lowest BCUT2D eigenvalue weighted by Gasteiger charge is -2.26. The zero-order chi connectivity index (χ0) is 13.1. The summed E-state index contributed by atoms with van der Waals surface area (Å²) in [5, 5.41) is 3.37. The number of nitrogens with one attached hydrogen (secondary N) is 1. The summed E-state index contributed by atoms with van der Waals surface area (Å²) in [6.45, 7) is 0.971. The monoisotopic (exact) mass is 254 g/mol. The van der Waals surface area contributed by atoms with Gasteiger partial charge in [0.25, 0.3) is 0 Å². The van der Waals surface area contributed by atoms with Crippen LogP contribution in [-0.2, 0) is 6.42 Å². The van der Waals surface area contributed by atoms with Crippen molar-refractivity contribution in [3.8, 4) is 0 Å². The first kappa shape index (κ1) is 13.3. The fourth-order valence-corrected chi connectivity index (χ4v) is 2.61. The Kier molecular flexibility index (Phi) is 4.17. The highest BCUT2D eigenvalue weighted by molar-refractivity contribution is 5.54. The van der Waals surface area contributed by atoms with Crippen LogP contribution in [-0.4, -0.2) is 26.7 Å². The molecule has 1 fully saturated rings. The van der Waals surface area contributed by atoms with Gasteiger partial charge in [-0.1, -0.05) is 6.42 Å². The van der Waals surface area contributed by atoms with Crippen molar-refractivity contribution in [1.82, 2.24) is 5.32 Å². The van der Waals surface area contributed by atoms with Crippen LogP contribution < -0.4 is 10.2 Å². The summed E-state index contributed by atoms with van der Waals surface area (Å²) >= 11 is 0. The van der Waals surface area contributed by atoms with Crippen LogP contribution in [0, 0.1) is 11.6 Å². The zero-order valence-electron chi connectivity index (χ0n) is 11.0. The van der Waals surface area contributed by atoms with Crippen LogP contribution in [0.15, 0.2) is 12.1 Å². The standard InChI is InChI=1S/C14H20F2N2/c1-18(2)14-11(12(15)6-7-13(14)16)9-10-5-3-4-8-17-10/h6-7,10,17H,3-5,8-9H2,1-2H3. The average molecular weight is 254 g/mol. The Morgan fingerprint density at radius 1 is 1.22 bits per heavy atom. The molecule has 100 valence electrons. The van der Waals surface area contributed by atoms with Gasteiger partial charge in [0.15, 0.2) is 0 Å². The number of hydrogen-bond acceptors (Lipinski definition) is 2. The number of halogens is 2. The minimum atomic E-state index is -0.354. The predicted octanol–water partition coefficient (Wildman–Crippen LogP) is 2.72. The topological polar surface area (TPSA) is 15.3 Å². The van der Waals surface area contributed by atoms with E-state index in [1.165, 1.54) is 18.6 Å². The Morgan fingerprint density at radius 2 is 1.94 bits per heavy atom. The second-order valence-electron chi connectivity index (χ2n) is 5.10. The van der Waals surface area contributed by atoms with Gasteiger partial charge in [0.1, 0.15) is 11.6 Å². The molecule has 0 amide bonds. The quantitative estimate of drug-likeness (QED) is 0.892. The summed E-state index contributed by atoms with van der Waals surface area (Å²) in [5.74, 6) is -0.667. The Labute approximate surface area is 107 Å². The molecule has 1 aliphatic heterocycles. The molecular weight excluding hydrogens is 234 g/mol. The van der Waals surface area contributed by atoms with E-state index in [0.29, 0.717) is 17.7 Å². The normalized spacial score (nSPS) is 19.9. The van der Waals surface area contributed by atoms with Gasteiger partial charge in [-0.15, -0.1) is 0 Å². The maximum atomic E-state index is 13.9. The molecule has 0 aromatic heterocycles. The van der Waals surface area contributed by atoms with Gasteiger partial charge >= 0.3 is 0 Å². The fraction of sp³-hybridized carbons (Fsp3) is 0.571. The summed E-state index contributed by atoms with van der Waals surface area (Å²) in [5.41, 5.74) is 0.863. The average Bonchev–Trinajstić information content (AvgIpc) is 2.35. The van der Waals surface area contributed by atoms with Crippen molar-refractivity contribution >= 4 is 5.69 Å². The second-order valence-corrected chi connectivity index (χ2v) is 5.10. The first-order valence-corrected chi connectivity index (χ1v) is 6.47. The molecule has 1 N–H and O–H groups in total. The molecule has 1 atom stereocenters. The summed E-state index contributed by atoms with van der Waals surface area (Å²) in [7, 11) is 3.49. The number of piperidine rings is 1. The summed E-state index contributed by atoms with van der Waals surface area (Å²) in [6.07, 6.45) is 3.91. The van der Waals surface area contributed by atoms with Crippen molar-refractivity contribution in [1.29, 1.82) is 0 Å². The van der Waals surface area contributed by atoms with Crippen molar-refractivity contribution in [3.05, 3.63) is 29.3 Å². The largest absolute Gasteiger partial charge is 0.375 e. The van der Waals surface area contributed by atoms with E-state index < -0.39 is 0 Å². The molecule has 0 saturated carbocycles. The third kappa shape index (κ3) is 2.80. The van der Waals surface area contributed by atoms with E-state index >= 15 is 0 Å². The van der Waals surface area contributed by atoms with Crippen LogP contribution >= 0.6 is 0 Å². The van der Waals surface area contributed by atoms with Crippen LogP contribution in [0.25, 0.3) is 0 Å². The maximum Gasteiger partial charge on any atom is 0.146 e. The minimum Gasteiger partial charge on any atom is -0.375 e. The van der Waals surface area contributed by atoms with E-state index in [4.69, 9.17) is 0 Å². The van der Waals surface area contributed by atoms with Crippen LogP contribution in [0.2, 0.25) is 0 Å². The summed E-state index contributed by atoms with van der Waals surface area (Å²) < 4.78 is 27.7. The first-order chi connectivity index (χ1) is 8.59. The first-order valence-electron chi connectivity index (χ1n) is 6.47. The number of rotatable bonds is 3. The number of benzene rings is 1. The van der Waals surface area contributed by atoms with Crippen molar-refractivity contribution in [2.75, 3.05) is 25.5 Å². The van der Waals surface area contributed by atoms with Crippen molar-refractivity contribution < 1.29 is 8.78 Å².